The Labute approximate surface area is 125 Å². The zero-order valence-electron chi connectivity index (χ0n) is 11.2. The number of carbonyl (C=O) groups is 1. The largest absolute Gasteiger partial charge is 0.486 e. The molecule has 1 aromatic heterocycles. The molecule has 110 valence electrons. The molecule has 0 spiro atoms. The number of nitrogens with one attached hydrogen (secondary N) is 1. The molecule has 7 heteroatoms. The summed E-state index contributed by atoms with van der Waals surface area (Å²) in [6, 6.07) is 10.7. The number of amides is 1. The Bertz CT molecular complexity index is 609. The van der Waals surface area contributed by atoms with Gasteiger partial charge in [0.2, 0.25) is 5.91 Å². The van der Waals surface area contributed by atoms with Crippen LogP contribution in [0.2, 0.25) is 0 Å². The van der Waals surface area contributed by atoms with Crippen LogP contribution >= 0.6 is 11.3 Å². The van der Waals surface area contributed by atoms with E-state index in [1.807, 2.05) is 17.5 Å². The predicted molar refractivity (Wildman–Crippen MR) is 82.0 cm³/mol. The number of carbonyl (C=O) groups excluding carboxylic acids is 1. The molecule has 4 N–H and O–H groups in total. The third-order valence-corrected chi connectivity index (χ3v) is 3.44. The Hall–Kier alpha value is -2.54. The van der Waals surface area contributed by atoms with E-state index in [4.69, 9.17) is 15.7 Å². The second-order valence-electron chi connectivity index (χ2n) is 4.21. The highest BCUT2D eigenvalue weighted by atomic mass is 32.1. The Morgan fingerprint density at radius 3 is 2.71 bits per heavy atom. The van der Waals surface area contributed by atoms with Gasteiger partial charge in [-0.15, -0.1) is 11.3 Å². The van der Waals surface area contributed by atoms with E-state index in [2.05, 4.69) is 10.5 Å². The minimum Gasteiger partial charge on any atom is -0.486 e. The molecule has 2 rings (SSSR count). The smallest absolute Gasteiger partial charge is 0.229 e. The fraction of sp³-hybridized carbons (Fsp3) is 0.143. The minimum atomic E-state index is -0.0669. The molecule has 0 saturated carbocycles. The fourth-order valence-electron chi connectivity index (χ4n) is 1.60. The van der Waals surface area contributed by atoms with Crippen LogP contribution < -0.4 is 15.8 Å². The second kappa shape index (κ2) is 7.30. The van der Waals surface area contributed by atoms with Crippen molar-refractivity contribution in [1.29, 1.82) is 0 Å². The van der Waals surface area contributed by atoms with Crippen LogP contribution in [0.1, 0.15) is 4.88 Å². The van der Waals surface area contributed by atoms with Gasteiger partial charge in [-0.05, 0) is 35.7 Å². The van der Waals surface area contributed by atoms with E-state index in [-0.39, 0.29) is 18.3 Å². The van der Waals surface area contributed by atoms with Gasteiger partial charge in [-0.2, -0.15) is 0 Å². The number of rotatable bonds is 6. The molecule has 21 heavy (non-hydrogen) atoms. The molecule has 1 heterocycles. The zero-order valence-corrected chi connectivity index (χ0v) is 12.0. The molecule has 0 unspecified atom stereocenters. The van der Waals surface area contributed by atoms with Gasteiger partial charge in [-0.1, -0.05) is 11.2 Å². The quantitative estimate of drug-likeness (QED) is 0.329. The molecule has 0 aliphatic carbocycles. The lowest BCUT2D eigenvalue weighted by molar-refractivity contribution is -0.115. The number of oxime groups is 1. The van der Waals surface area contributed by atoms with Crippen molar-refractivity contribution in [3.63, 3.8) is 0 Å². The van der Waals surface area contributed by atoms with E-state index in [1.54, 1.807) is 35.6 Å². The summed E-state index contributed by atoms with van der Waals surface area (Å²) >= 11 is 1.55. The van der Waals surface area contributed by atoms with Gasteiger partial charge in [-0.25, -0.2) is 0 Å². The van der Waals surface area contributed by atoms with Crippen LogP contribution in [0.4, 0.5) is 5.69 Å². The first kappa shape index (κ1) is 14.9. The first-order valence-electron chi connectivity index (χ1n) is 6.19. The van der Waals surface area contributed by atoms with Crippen molar-refractivity contribution in [3.05, 3.63) is 46.7 Å². The average Bonchev–Trinajstić information content (AvgIpc) is 2.99. The lowest BCUT2D eigenvalue weighted by Gasteiger charge is -2.07. The summed E-state index contributed by atoms with van der Waals surface area (Å²) in [5.74, 6) is 0.490. The lowest BCUT2D eigenvalue weighted by Crippen LogP contribution is -2.20. The summed E-state index contributed by atoms with van der Waals surface area (Å²) in [5, 5.41) is 16.0. The van der Waals surface area contributed by atoms with Gasteiger partial charge in [0.05, 0.1) is 6.42 Å². The number of ether oxygens (including phenoxy) is 1. The first-order valence-corrected chi connectivity index (χ1v) is 7.07. The Morgan fingerprint density at radius 1 is 1.33 bits per heavy atom. The number of hydrogen-bond donors (Lipinski definition) is 3. The van der Waals surface area contributed by atoms with Gasteiger partial charge in [0, 0.05) is 10.6 Å². The summed E-state index contributed by atoms with van der Waals surface area (Å²) in [5.41, 5.74) is 5.99. The summed E-state index contributed by atoms with van der Waals surface area (Å²) in [6.07, 6.45) is 0.361. The zero-order chi connectivity index (χ0) is 15.1. The molecule has 0 aliphatic rings. The summed E-state index contributed by atoms with van der Waals surface area (Å²) < 4.78 is 5.28. The molecule has 1 amide bonds. The molecule has 1 aromatic carbocycles. The van der Waals surface area contributed by atoms with Gasteiger partial charge in [0.25, 0.3) is 0 Å². The van der Waals surface area contributed by atoms with Crippen LogP contribution in [0.3, 0.4) is 0 Å². The number of nitrogens with zero attached hydrogens (tertiary/aromatic N) is 1. The number of nitrogens with two attached hydrogens (primary N) is 1. The highest BCUT2D eigenvalue weighted by Gasteiger charge is 2.05. The topological polar surface area (TPSA) is 96.9 Å². The summed E-state index contributed by atoms with van der Waals surface area (Å²) in [7, 11) is 0. The molecule has 0 saturated heterocycles. The third-order valence-electron chi connectivity index (χ3n) is 2.57. The van der Waals surface area contributed by atoms with Gasteiger partial charge in [0.15, 0.2) is 5.84 Å². The molecule has 0 radical (unpaired) electrons. The highest BCUT2D eigenvalue weighted by molar-refractivity contribution is 7.10. The molecular weight excluding hydrogens is 290 g/mol. The monoisotopic (exact) mass is 305 g/mol. The van der Waals surface area contributed by atoms with Gasteiger partial charge < -0.3 is 21.0 Å². The number of benzene rings is 1. The fourth-order valence-corrected chi connectivity index (χ4v) is 2.30. The predicted octanol–water partition coefficient (Wildman–Crippen LogP) is 2.05. The molecule has 0 aliphatic heterocycles. The molecule has 6 nitrogen and oxygen atoms in total. The number of thiophene rings is 1. The van der Waals surface area contributed by atoms with Crippen LogP contribution in [-0.2, 0) is 11.2 Å². The van der Waals surface area contributed by atoms with Crippen molar-refractivity contribution in [2.45, 2.75) is 6.42 Å². The van der Waals surface area contributed by atoms with E-state index in [1.165, 1.54) is 0 Å². The maximum Gasteiger partial charge on any atom is 0.229 e. The average molecular weight is 305 g/mol. The van der Waals surface area contributed by atoms with Crippen molar-refractivity contribution in [2.24, 2.45) is 10.9 Å². The van der Waals surface area contributed by atoms with Gasteiger partial charge in [0.1, 0.15) is 12.4 Å². The first-order chi connectivity index (χ1) is 10.2. The number of anilines is 1. The van der Waals surface area contributed by atoms with Crippen LogP contribution in [-0.4, -0.2) is 23.6 Å². The maximum atomic E-state index is 11.8. The molecule has 0 bridgehead atoms. The van der Waals surface area contributed by atoms with E-state index >= 15 is 0 Å². The number of hydrogen-bond acceptors (Lipinski definition) is 5. The minimum absolute atomic E-state index is 0.000579. The summed E-state index contributed by atoms with van der Waals surface area (Å²) in [6.45, 7) is 0.000579. The third kappa shape index (κ3) is 4.81. The van der Waals surface area contributed by atoms with E-state index in [0.717, 1.165) is 4.88 Å². The van der Waals surface area contributed by atoms with Gasteiger partial charge >= 0.3 is 0 Å². The van der Waals surface area contributed by atoms with Crippen LogP contribution in [0.25, 0.3) is 0 Å². The Kier molecular flexibility index (Phi) is 5.16. The molecule has 2 aromatic rings. The number of amidine groups is 1. The van der Waals surface area contributed by atoms with Crippen molar-refractivity contribution >= 4 is 28.8 Å². The Balaban J connectivity index is 1.85. The van der Waals surface area contributed by atoms with Crippen molar-refractivity contribution in [1.82, 2.24) is 0 Å². The maximum absolute atomic E-state index is 11.8. The molecular formula is C14H15N3O3S. The van der Waals surface area contributed by atoms with Crippen LogP contribution in [0.5, 0.6) is 5.75 Å². The van der Waals surface area contributed by atoms with Gasteiger partial charge in [-0.3, -0.25) is 4.79 Å². The van der Waals surface area contributed by atoms with E-state index < -0.39 is 0 Å². The van der Waals surface area contributed by atoms with E-state index in [9.17, 15) is 4.79 Å². The highest BCUT2D eigenvalue weighted by Crippen LogP contribution is 2.16. The second-order valence-corrected chi connectivity index (χ2v) is 5.24. The lowest BCUT2D eigenvalue weighted by atomic mass is 10.2. The normalized spacial score (nSPS) is 11.1. The van der Waals surface area contributed by atoms with E-state index in [0.29, 0.717) is 17.9 Å². The Morgan fingerprint density at radius 2 is 2.10 bits per heavy atom. The molecule has 0 atom stereocenters. The van der Waals surface area contributed by atoms with Crippen molar-refractivity contribution in [2.75, 3.05) is 11.9 Å². The summed E-state index contributed by atoms with van der Waals surface area (Å²) in [4.78, 5) is 12.8. The molecule has 0 fully saturated rings. The standard InChI is InChI=1S/C14H15N3O3S/c15-13(17-19)9-20-11-5-3-10(4-6-11)16-14(18)8-12-2-1-7-21-12/h1-7,19H,8-9H2,(H2,15,17)(H,16,18). The SMILES string of the molecule is N/C(COc1ccc(NC(=O)Cc2cccs2)cc1)=N\O. The van der Waals surface area contributed by atoms with Crippen LogP contribution in [0, 0.1) is 0 Å². The van der Waals surface area contributed by atoms with Crippen LogP contribution in [0.15, 0.2) is 46.9 Å². The van der Waals surface area contributed by atoms with Crippen molar-refractivity contribution < 1.29 is 14.7 Å². The van der Waals surface area contributed by atoms with Crippen molar-refractivity contribution in [3.8, 4) is 5.75 Å².